The summed E-state index contributed by atoms with van der Waals surface area (Å²) in [5.74, 6) is -0.340. The molecule has 40 heavy (non-hydrogen) atoms. The molecule has 1 unspecified atom stereocenters. The number of nitrogen functional groups attached to an aromatic ring is 1. The summed E-state index contributed by atoms with van der Waals surface area (Å²) in [7, 11) is 0. The third kappa shape index (κ3) is 4.44. The van der Waals surface area contributed by atoms with Crippen LogP contribution in [0, 0.1) is 6.92 Å². The van der Waals surface area contributed by atoms with Crippen molar-refractivity contribution in [2.75, 3.05) is 5.73 Å². The number of hydrogen-bond acceptors (Lipinski definition) is 7. The lowest BCUT2D eigenvalue weighted by Gasteiger charge is -2.21. The minimum Gasteiger partial charge on any atom is -0.381 e. The van der Waals surface area contributed by atoms with Crippen LogP contribution >= 0.6 is 11.3 Å². The van der Waals surface area contributed by atoms with Crippen LogP contribution in [0.15, 0.2) is 83.2 Å². The zero-order valence-corrected chi connectivity index (χ0v) is 22.6. The van der Waals surface area contributed by atoms with Crippen molar-refractivity contribution in [1.82, 2.24) is 29.5 Å². The summed E-state index contributed by atoms with van der Waals surface area (Å²) in [6.45, 7) is 3.70. The van der Waals surface area contributed by atoms with E-state index in [0.29, 0.717) is 22.4 Å². The number of para-hydroxylation sites is 1. The largest absolute Gasteiger partial charge is 0.381 e. The Bertz CT molecular complexity index is 1960. The molecule has 0 spiro atoms. The first-order chi connectivity index (χ1) is 19.4. The highest BCUT2D eigenvalue weighted by molar-refractivity contribution is 7.10. The highest BCUT2D eigenvalue weighted by Gasteiger charge is 2.24. The Kier molecular flexibility index (Phi) is 6.45. The highest BCUT2D eigenvalue weighted by atomic mass is 32.1. The van der Waals surface area contributed by atoms with Crippen LogP contribution in [0.4, 0.5) is 5.82 Å². The van der Waals surface area contributed by atoms with E-state index >= 15 is 0 Å². The van der Waals surface area contributed by atoms with Gasteiger partial charge >= 0.3 is 0 Å². The normalized spacial score (nSPS) is 12.3. The van der Waals surface area contributed by atoms with Crippen molar-refractivity contribution in [2.24, 2.45) is 0 Å². The van der Waals surface area contributed by atoms with Gasteiger partial charge in [0.05, 0.1) is 11.4 Å². The Morgan fingerprint density at radius 2 is 1.88 bits per heavy atom. The van der Waals surface area contributed by atoms with E-state index in [1.54, 1.807) is 27.5 Å². The molecule has 1 atom stereocenters. The predicted octanol–water partition coefficient (Wildman–Crippen LogP) is 5.04. The van der Waals surface area contributed by atoms with E-state index in [1.165, 1.54) is 11.3 Å². The molecule has 0 saturated heterocycles. The Balaban J connectivity index is 1.47. The molecule has 10 heteroatoms. The van der Waals surface area contributed by atoms with Gasteiger partial charge in [-0.2, -0.15) is 0 Å². The number of benzene rings is 2. The molecule has 0 saturated carbocycles. The minimum absolute atomic E-state index is 0.0853. The second-order valence-electron chi connectivity index (χ2n) is 9.34. The number of carbonyl (C=O) groups is 1. The summed E-state index contributed by atoms with van der Waals surface area (Å²) in [5, 5.41) is 11.4. The quantitative estimate of drug-likeness (QED) is 0.301. The predicted molar refractivity (Wildman–Crippen MR) is 159 cm³/mol. The van der Waals surface area contributed by atoms with Crippen LogP contribution in [0.3, 0.4) is 0 Å². The van der Waals surface area contributed by atoms with Gasteiger partial charge < -0.3 is 11.1 Å². The monoisotopic (exact) mass is 547 g/mol. The topological polar surface area (TPSA) is 120 Å². The van der Waals surface area contributed by atoms with Crippen molar-refractivity contribution in [2.45, 2.75) is 19.9 Å². The summed E-state index contributed by atoms with van der Waals surface area (Å²) in [6, 6.07) is 18.3. The summed E-state index contributed by atoms with van der Waals surface area (Å²) in [5.41, 5.74) is 9.42. The smallest absolute Gasteiger partial charge is 0.263 e. The van der Waals surface area contributed by atoms with Crippen molar-refractivity contribution in [3.63, 3.8) is 0 Å². The van der Waals surface area contributed by atoms with Crippen LogP contribution < -0.4 is 16.6 Å². The average molecular weight is 548 g/mol. The summed E-state index contributed by atoms with van der Waals surface area (Å²) in [6.07, 6.45) is 7.17. The fourth-order valence-corrected chi connectivity index (χ4v) is 5.35. The van der Waals surface area contributed by atoms with Gasteiger partial charge in [-0.05, 0) is 55.1 Å². The van der Waals surface area contributed by atoms with E-state index in [2.05, 4.69) is 20.4 Å². The minimum atomic E-state index is -0.557. The first-order valence-corrected chi connectivity index (χ1v) is 13.5. The standard InChI is InChI=1S/C30H25N7O2S/c1-18-13-14-33-28-26(27(31)35-37(18)28)29(38)34-19(2)23-17-21-8-6-7-20(11-12-24-32-15-16-40-24)25(21)30(39)36(23)22-9-4-3-5-10-22/h3-17,19H,1-2H3,(H2,31,35)(H,34,38). The third-order valence-corrected chi connectivity index (χ3v) is 7.47. The van der Waals surface area contributed by atoms with Crippen molar-refractivity contribution in [3.8, 4) is 5.69 Å². The Morgan fingerprint density at radius 1 is 1.05 bits per heavy atom. The number of fused-ring (bicyclic) bond motifs is 2. The molecule has 0 bridgehead atoms. The first kappa shape index (κ1) is 25.2. The third-order valence-electron chi connectivity index (χ3n) is 6.73. The molecule has 4 aromatic heterocycles. The van der Waals surface area contributed by atoms with Gasteiger partial charge in [0, 0.05) is 34.8 Å². The van der Waals surface area contributed by atoms with Gasteiger partial charge in [0.1, 0.15) is 10.6 Å². The number of nitrogens with one attached hydrogen (secondary N) is 1. The number of nitrogens with zero attached hydrogens (tertiary/aromatic N) is 5. The van der Waals surface area contributed by atoms with Crippen molar-refractivity contribution < 1.29 is 4.79 Å². The van der Waals surface area contributed by atoms with E-state index in [4.69, 9.17) is 5.73 Å². The van der Waals surface area contributed by atoms with Gasteiger partial charge in [0.15, 0.2) is 11.5 Å². The first-order valence-electron chi connectivity index (χ1n) is 12.6. The lowest BCUT2D eigenvalue weighted by molar-refractivity contribution is 0.0941. The lowest BCUT2D eigenvalue weighted by Crippen LogP contribution is -2.32. The molecule has 198 valence electrons. The fourth-order valence-electron chi connectivity index (χ4n) is 4.83. The van der Waals surface area contributed by atoms with Crippen LogP contribution in [-0.4, -0.2) is 30.1 Å². The van der Waals surface area contributed by atoms with Gasteiger partial charge in [-0.25, -0.2) is 14.5 Å². The van der Waals surface area contributed by atoms with Crippen LogP contribution in [0.5, 0.6) is 0 Å². The molecule has 4 heterocycles. The van der Waals surface area contributed by atoms with Crippen LogP contribution in [0.2, 0.25) is 0 Å². The van der Waals surface area contributed by atoms with E-state index in [-0.39, 0.29) is 16.9 Å². The molecule has 9 nitrogen and oxygen atoms in total. The van der Waals surface area contributed by atoms with Gasteiger partial charge in [0.2, 0.25) is 0 Å². The second kappa shape index (κ2) is 10.2. The molecule has 1 amide bonds. The number of nitrogens with two attached hydrogens (primary N) is 1. The van der Waals surface area contributed by atoms with Crippen molar-refractivity contribution in [3.05, 3.63) is 116 Å². The average Bonchev–Trinajstić information content (AvgIpc) is 3.60. The number of aromatic nitrogens is 5. The number of rotatable bonds is 6. The highest BCUT2D eigenvalue weighted by Crippen LogP contribution is 2.26. The molecule has 0 radical (unpaired) electrons. The molecule has 0 fully saturated rings. The summed E-state index contributed by atoms with van der Waals surface area (Å²) in [4.78, 5) is 36.3. The molecule has 6 rings (SSSR count). The number of anilines is 1. The maximum atomic E-state index is 14.2. The molecule has 2 aromatic carbocycles. The van der Waals surface area contributed by atoms with E-state index in [9.17, 15) is 9.59 Å². The van der Waals surface area contributed by atoms with E-state index < -0.39 is 11.9 Å². The Morgan fingerprint density at radius 3 is 2.65 bits per heavy atom. The van der Waals surface area contributed by atoms with Crippen molar-refractivity contribution >= 4 is 51.6 Å². The molecule has 0 aliphatic rings. The number of hydrogen-bond donors (Lipinski definition) is 2. The molecule has 6 aromatic rings. The van der Waals surface area contributed by atoms with Crippen molar-refractivity contribution in [1.29, 1.82) is 0 Å². The lowest BCUT2D eigenvalue weighted by atomic mass is 10.0. The number of pyridine rings is 1. The van der Waals surface area contributed by atoms with Crippen LogP contribution in [0.25, 0.3) is 34.3 Å². The maximum absolute atomic E-state index is 14.2. The number of thiazole rings is 1. The van der Waals surface area contributed by atoms with Gasteiger partial charge in [-0.3, -0.25) is 14.2 Å². The molecular weight excluding hydrogens is 522 g/mol. The molecule has 0 aliphatic heterocycles. The zero-order valence-electron chi connectivity index (χ0n) is 21.8. The van der Waals surface area contributed by atoms with Crippen LogP contribution in [0.1, 0.15) is 45.3 Å². The summed E-state index contributed by atoms with van der Waals surface area (Å²) >= 11 is 1.52. The van der Waals surface area contributed by atoms with E-state index in [1.807, 2.05) is 86.0 Å². The summed E-state index contributed by atoms with van der Waals surface area (Å²) < 4.78 is 3.20. The zero-order chi connectivity index (χ0) is 27.8. The van der Waals surface area contributed by atoms with Gasteiger partial charge in [0.25, 0.3) is 11.5 Å². The number of amides is 1. The molecule has 0 aliphatic carbocycles. The Labute approximate surface area is 233 Å². The Hall–Kier alpha value is -5.09. The van der Waals surface area contributed by atoms with E-state index in [0.717, 1.165) is 21.7 Å². The van der Waals surface area contributed by atoms with Gasteiger partial charge in [-0.1, -0.05) is 42.5 Å². The maximum Gasteiger partial charge on any atom is 0.263 e. The fraction of sp³-hybridized carbons (Fsp3) is 0.100. The SMILES string of the molecule is Cc1ccnc2c(C(=O)NC(C)c3cc4cccc(C=Cc5nccs5)c4c(=O)n3-c3ccccc3)c(N)nn12. The molecular formula is C30H25N7O2S. The van der Waals surface area contributed by atoms with Gasteiger partial charge in [-0.15, -0.1) is 16.4 Å². The van der Waals surface area contributed by atoms with Crippen LogP contribution in [-0.2, 0) is 0 Å². The number of carbonyl (C=O) groups excluding carboxylic acids is 1. The second-order valence-corrected chi connectivity index (χ2v) is 10.3. The molecule has 3 N–H and O–H groups in total. The number of aryl methyl sites for hydroxylation is 1.